The van der Waals surface area contributed by atoms with E-state index < -0.39 is 0 Å². The molecule has 2 unspecified atom stereocenters. The average molecular weight is 267 g/mol. The minimum absolute atomic E-state index is 0.334. The molecule has 0 radical (unpaired) electrons. The first-order valence-corrected chi connectivity index (χ1v) is 7.37. The second-order valence-electron chi connectivity index (χ2n) is 6.21. The Morgan fingerprint density at radius 3 is 2.58 bits per heavy atom. The lowest BCUT2D eigenvalue weighted by atomic mass is 9.98. The number of rotatable bonds is 7. The molecule has 0 aromatic heterocycles. The van der Waals surface area contributed by atoms with Crippen LogP contribution < -0.4 is 5.32 Å². The molecule has 0 spiro atoms. The monoisotopic (exact) mass is 267 g/mol. The van der Waals surface area contributed by atoms with E-state index in [1.165, 1.54) is 0 Å². The van der Waals surface area contributed by atoms with Crippen LogP contribution in [0.3, 0.4) is 0 Å². The van der Waals surface area contributed by atoms with Gasteiger partial charge in [0.05, 0.1) is 12.7 Å². The van der Waals surface area contributed by atoms with Gasteiger partial charge in [-0.3, -0.25) is 10.2 Å². The van der Waals surface area contributed by atoms with Gasteiger partial charge in [0.25, 0.3) is 0 Å². The van der Waals surface area contributed by atoms with Gasteiger partial charge >= 0.3 is 0 Å². The second-order valence-corrected chi connectivity index (χ2v) is 6.21. The van der Waals surface area contributed by atoms with Crippen LogP contribution in [0.2, 0.25) is 0 Å². The third-order valence-corrected chi connectivity index (χ3v) is 3.95. The van der Waals surface area contributed by atoms with E-state index in [0.717, 1.165) is 32.4 Å². The van der Waals surface area contributed by atoms with Gasteiger partial charge in [0, 0.05) is 31.8 Å². The largest absolute Gasteiger partial charge is 0.383 e. The summed E-state index contributed by atoms with van der Waals surface area (Å²) in [5.74, 6) is 0. The van der Waals surface area contributed by atoms with Gasteiger partial charge in [0.2, 0.25) is 0 Å². The molecule has 0 aromatic carbocycles. The Kier molecular flexibility index (Phi) is 6.25. The van der Waals surface area contributed by atoms with Gasteiger partial charge in [-0.05, 0) is 47.0 Å². The molecule has 1 aliphatic rings. The third-order valence-electron chi connectivity index (χ3n) is 3.95. The molecule has 0 aromatic rings. The first-order valence-electron chi connectivity index (χ1n) is 7.37. The molecule has 4 nitrogen and oxygen atoms in total. The molecule has 1 aliphatic carbocycles. The Bertz CT molecular complexity index is 311. The lowest BCUT2D eigenvalue weighted by molar-refractivity contribution is 0.0949. The van der Waals surface area contributed by atoms with Crippen LogP contribution in [0.5, 0.6) is 0 Å². The van der Waals surface area contributed by atoms with E-state index in [9.17, 15) is 5.26 Å². The number of hydrogen-bond acceptors (Lipinski definition) is 4. The summed E-state index contributed by atoms with van der Waals surface area (Å²) in [4.78, 5) is 2.48. The summed E-state index contributed by atoms with van der Waals surface area (Å²) in [5, 5.41) is 13.0. The summed E-state index contributed by atoms with van der Waals surface area (Å²) < 4.78 is 5.20. The topological polar surface area (TPSA) is 48.3 Å². The Balaban J connectivity index is 2.68. The molecule has 19 heavy (non-hydrogen) atoms. The fraction of sp³-hybridized carbons (Fsp3) is 0.933. The lowest BCUT2D eigenvalue weighted by Crippen LogP contribution is -2.48. The van der Waals surface area contributed by atoms with Crippen LogP contribution in [0.25, 0.3) is 0 Å². The first-order chi connectivity index (χ1) is 8.94. The number of nitrogens with one attached hydrogen (secondary N) is 1. The van der Waals surface area contributed by atoms with Gasteiger partial charge in [0.1, 0.15) is 5.54 Å². The minimum Gasteiger partial charge on any atom is -0.383 e. The Morgan fingerprint density at radius 2 is 2.11 bits per heavy atom. The van der Waals surface area contributed by atoms with E-state index in [-0.39, 0.29) is 5.54 Å². The van der Waals surface area contributed by atoms with Crippen molar-refractivity contribution in [3.05, 3.63) is 0 Å². The van der Waals surface area contributed by atoms with Crippen LogP contribution in [0.4, 0.5) is 0 Å². The van der Waals surface area contributed by atoms with Crippen molar-refractivity contribution in [2.45, 2.75) is 70.6 Å². The zero-order valence-corrected chi connectivity index (χ0v) is 13.1. The van der Waals surface area contributed by atoms with E-state index in [2.05, 4.69) is 44.0 Å². The minimum atomic E-state index is -0.334. The molecule has 110 valence electrons. The number of nitriles is 1. The highest BCUT2D eigenvalue weighted by atomic mass is 16.5. The molecule has 1 fully saturated rings. The summed E-state index contributed by atoms with van der Waals surface area (Å²) in [5.41, 5.74) is -0.334. The van der Waals surface area contributed by atoms with Gasteiger partial charge in [-0.1, -0.05) is 0 Å². The maximum atomic E-state index is 9.52. The predicted octanol–water partition coefficient (Wildman–Crippen LogP) is 2.16. The smallest absolute Gasteiger partial charge is 0.108 e. The molecular weight excluding hydrogens is 238 g/mol. The summed E-state index contributed by atoms with van der Waals surface area (Å²) >= 11 is 0. The van der Waals surface area contributed by atoms with Crippen molar-refractivity contribution < 1.29 is 4.74 Å². The summed E-state index contributed by atoms with van der Waals surface area (Å²) in [6.07, 6.45) is 2.96. The third kappa shape index (κ3) is 4.45. The number of methoxy groups -OCH3 is 1. The fourth-order valence-electron chi connectivity index (χ4n) is 3.18. The van der Waals surface area contributed by atoms with Crippen molar-refractivity contribution in [2.75, 3.05) is 20.3 Å². The lowest BCUT2D eigenvalue weighted by Gasteiger charge is -2.33. The zero-order valence-electron chi connectivity index (χ0n) is 13.1. The van der Waals surface area contributed by atoms with Crippen molar-refractivity contribution >= 4 is 0 Å². The van der Waals surface area contributed by atoms with Crippen LogP contribution in [0.1, 0.15) is 47.0 Å². The molecule has 0 bridgehead atoms. The van der Waals surface area contributed by atoms with Crippen molar-refractivity contribution in [1.29, 1.82) is 5.26 Å². The molecule has 1 saturated carbocycles. The Hall–Kier alpha value is -0.630. The van der Waals surface area contributed by atoms with Gasteiger partial charge < -0.3 is 4.74 Å². The van der Waals surface area contributed by atoms with Crippen LogP contribution in [0, 0.1) is 11.3 Å². The van der Waals surface area contributed by atoms with Gasteiger partial charge in [-0.2, -0.15) is 5.26 Å². The van der Waals surface area contributed by atoms with Crippen LogP contribution in [-0.2, 0) is 4.74 Å². The molecular formula is C15H29N3O. The fourth-order valence-corrected chi connectivity index (χ4v) is 3.18. The molecule has 4 heteroatoms. The van der Waals surface area contributed by atoms with Crippen molar-refractivity contribution in [2.24, 2.45) is 0 Å². The summed E-state index contributed by atoms with van der Waals surface area (Å²) in [6, 6.07) is 3.85. The van der Waals surface area contributed by atoms with Crippen LogP contribution >= 0.6 is 0 Å². The summed E-state index contributed by atoms with van der Waals surface area (Å²) in [6.45, 7) is 10.4. The number of hydrogen-bond donors (Lipinski definition) is 1. The molecule has 0 saturated heterocycles. The highest BCUT2D eigenvalue weighted by Gasteiger charge is 2.42. The molecule has 1 rings (SSSR count). The molecule has 2 atom stereocenters. The molecule has 0 amide bonds. The Morgan fingerprint density at radius 1 is 1.42 bits per heavy atom. The van der Waals surface area contributed by atoms with Crippen molar-refractivity contribution in [3.63, 3.8) is 0 Å². The SMILES string of the molecule is COCCN(C(C)C)C1CCC(C#N)(NC(C)C)C1. The van der Waals surface area contributed by atoms with E-state index in [4.69, 9.17) is 4.74 Å². The maximum Gasteiger partial charge on any atom is 0.108 e. The van der Waals surface area contributed by atoms with Gasteiger partial charge in [-0.25, -0.2) is 0 Å². The highest BCUT2D eigenvalue weighted by molar-refractivity contribution is 5.14. The van der Waals surface area contributed by atoms with E-state index in [0.29, 0.717) is 18.1 Å². The molecule has 0 aliphatic heterocycles. The predicted molar refractivity (Wildman–Crippen MR) is 78.0 cm³/mol. The van der Waals surface area contributed by atoms with Gasteiger partial charge in [-0.15, -0.1) is 0 Å². The quantitative estimate of drug-likeness (QED) is 0.768. The van der Waals surface area contributed by atoms with Crippen LogP contribution in [-0.4, -0.2) is 48.8 Å². The Labute approximate surface area is 118 Å². The number of nitrogens with zero attached hydrogens (tertiary/aromatic N) is 2. The first kappa shape index (κ1) is 16.4. The second kappa shape index (κ2) is 7.23. The van der Waals surface area contributed by atoms with Gasteiger partial charge in [0.15, 0.2) is 0 Å². The standard InChI is InChI=1S/C15H29N3O/c1-12(2)17-15(11-16)7-6-14(10-15)18(13(3)4)8-9-19-5/h12-14,17H,6-10H2,1-5H3. The van der Waals surface area contributed by atoms with Crippen molar-refractivity contribution in [1.82, 2.24) is 10.2 Å². The molecule has 0 heterocycles. The van der Waals surface area contributed by atoms with E-state index in [1.807, 2.05) is 0 Å². The molecule has 1 N–H and O–H groups in total. The zero-order chi connectivity index (χ0) is 14.5. The average Bonchev–Trinajstić information content (AvgIpc) is 2.73. The van der Waals surface area contributed by atoms with E-state index in [1.54, 1.807) is 7.11 Å². The normalized spacial score (nSPS) is 27.4. The van der Waals surface area contributed by atoms with E-state index >= 15 is 0 Å². The summed E-state index contributed by atoms with van der Waals surface area (Å²) in [7, 11) is 1.74. The highest BCUT2D eigenvalue weighted by Crippen LogP contribution is 2.34. The maximum absolute atomic E-state index is 9.52. The van der Waals surface area contributed by atoms with Crippen molar-refractivity contribution in [3.8, 4) is 6.07 Å². The van der Waals surface area contributed by atoms with Crippen LogP contribution in [0.15, 0.2) is 0 Å². The number of ether oxygens (including phenoxy) is 1.